The minimum Gasteiger partial charge on any atom is -0.481 e. The van der Waals surface area contributed by atoms with Crippen molar-refractivity contribution >= 4 is 12.0 Å². The first kappa shape index (κ1) is 15.1. The third kappa shape index (κ3) is 3.40. The lowest BCUT2D eigenvalue weighted by molar-refractivity contribution is -0.142. The number of urea groups is 1. The molecule has 2 saturated heterocycles. The molecule has 0 aromatic rings. The Labute approximate surface area is 118 Å². The van der Waals surface area contributed by atoms with Crippen molar-refractivity contribution in [3.63, 3.8) is 0 Å². The highest BCUT2D eigenvalue weighted by molar-refractivity contribution is 5.78. The van der Waals surface area contributed by atoms with Gasteiger partial charge in [0.25, 0.3) is 0 Å². The summed E-state index contributed by atoms with van der Waals surface area (Å²) >= 11 is 0. The molecule has 0 saturated carbocycles. The first-order valence-electron chi connectivity index (χ1n) is 7.06. The lowest BCUT2D eigenvalue weighted by Crippen LogP contribution is -2.50. The Morgan fingerprint density at radius 3 is 2.75 bits per heavy atom. The second-order valence-corrected chi connectivity index (χ2v) is 5.61. The predicted octanol–water partition coefficient (Wildman–Crippen LogP) is -0.178. The summed E-state index contributed by atoms with van der Waals surface area (Å²) in [5.41, 5.74) is 0. The molecule has 2 rings (SSSR count). The Balaban J connectivity index is 1.79. The number of carbonyl (C=O) groups excluding carboxylic acids is 1. The van der Waals surface area contributed by atoms with E-state index >= 15 is 0 Å². The van der Waals surface area contributed by atoms with Crippen molar-refractivity contribution in [3.8, 4) is 0 Å². The van der Waals surface area contributed by atoms with Crippen molar-refractivity contribution < 1.29 is 19.4 Å². The molecule has 7 heteroatoms. The van der Waals surface area contributed by atoms with Crippen LogP contribution in [0.25, 0.3) is 0 Å². The molecule has 3 atom stereocenters. The topological polar surface area (TPSA) is 82.1 Å². The SMILES string of the molecule is CC1C(C(=O)O)CCN1C(=O)NCC1CN(C)CCO1. The minimum atomic E-state index is -0.829. The van der Waals surface area contributed by atoms with Crippen LogP contribution < -0.4 is 5.32 Å². The van der Waals surface area contributed by atoms with E-state index in [1.54, 1.807) is 11.8 Å². The average Bonchev–Trinajstić information content (AvgIpc) is 2.78. The van der Waals surface area contributed by atoms with Crippen LogP contribution in [-0.2, 0) is 9.53 Å². The van der Waals surface area contributed by atoms with Gasteiger partial charge in [-0.15, -0.1) is 0 Å². The third-order valence-corrected chi connectivity index (χ3v) is 4.16. The van der Waals surface area contributed by atoms with Gasteiger partial charge in [-0.05, 0) is 20.4 Å². The molecule has 7 nitrogen and oxygen atoms in total. The summed E-state index contributed by atoms with van der Waals surface area (Å²) in [4.78, 5) is 26.9. The zero-order chi connectivity index (χ0) is 14.7. The monoisotopic (exact) mass is 285 g/mol. The molecule has 2 amide bonds. The number of nitrogens with one attached hydrogen (secondary N) is 1. The van der Waals surface area contributed by atoms with Gasteiger partial charge in [0, 0.05) is 32.2 Å². The molecule has 3 unspecified atom stereocenters. The van der Waals surface area contributed by atoms with Crippen LogP contribution in [0.3, 0.4) is 0 Å². The number of hydrogen-bond acceptors (Lipinski definition) is 4. The number of likely N-dealkylation sites (tertiary alicyclic amines) is 1. The summed E-state index contributed by atoms with van der Waals surface area (Å²) in [6.45, 7) is 5.13. The standard InChI is InChI=1S/C13H23N3O4/c1-9-11(12(17)18)3-4-16(9)13(19)14-7-10-8-15(2)5-6-20-10/h9-11H,3-8H2,1-2H3,(H,14,19)(H,17,18). The number of likely N-dealkylation sites (N-methyl/N-ethyl adjacent to an activating group) is 1. The molecule has 20 heavy (non-hydrogen) atoms. The lowest BCUT2D eigenvalue weighted by atomic mass is 10.0. The summed E-state index contributed by atoms with van der Waals surface area (Å²) in [6.07, 6.45) is 0.526. The maximum Gasteiger partial charge on any atom is 0.317 e. The van der Waals surface area contributed by atoms with Crippen LogP contribution in [-0.4, -0.2) is 78.9 Å². The van der Waals surface area contributed by atoms with E-state index in [4.69, 9.17) is 9.84 Å². The van der Waals surface area contributed by atoms with Crippen LogP contribution in [0, 0.1) is 5.92 Å². The Bertz CT molecular complexity index is 377. The molecule has 2 aliphatic rings. The molecule has 0 bridgehead atoms. The maximum absolute atomic E-state index is 12.1. The van der Waals surface area contributed by atoms with Crippen molar-refractivity contribution in [2.75, 3.05) is 39.8 Å². The first-order chi connectivity index (χ1) is 9.49. The molecular formula is C13H23N3O4. The number of hydrogen-bond donors (Lipinski definition) is 2. The van der Waals surface area contributed by atoms with Gasteiger partial charge in [0.2, 0.25) is 0 Å². The Hall–Kier alpha value is -1.34. The Kier molecular flexibility index (Phi) is 4.82. The highest BCUT2D eigenvalue weighted by atomic mass is 16.5. The average molecular weight is 285 g/mol. The Morgan fingerprint density at radius 2 is 2.15 bits per heavy atom. The molecule has 0 aromatic heterocycles. The molecule has 2 heterocycles. The molecule has 114 valence electrons. The largest absolute Gasteiger partial charge is 0.481 e. The summed E-state index contributed by atoms with van der Waals surface area (Å²) in [5.74, 6) is -1.29. The number of ether oxygens (including phenoxy) is 1. The van der Waals surface area contributed by atoms with E-state index in [9.17, 15) is 9.59 Å². The van der Waals surface area contributed by atoms with Gasteiger partial charge in [0.05, 0.1) is 18.6 Å². The number of carboxylic acids is 1. The van der Waals surface area contributed by atoms with Crippen LogP contribution >= 0.6 is 0 Å². The van der Waals surface area contributed by atoms with E-state index in [0.717, 1.165) is 13.1 Å². The predicted molar refractivity (Wildman–Crippen MR) is 72.5 cm³/mol. The molecule has 2 N–H and O–H groups in total. The van der Waals surface area contributed by atoms with Gasteiger partial charge in [0.1, 0.15) is 0 Å². The highest BCUT2D eigenvalue weighted by Crippen LogP contribution is 2.24. The van der Waals surface area contributed by atoms with Crippen LogP contribution in [0.4, 0.5) is 4.79 Å². The summed E-state index contributed by atoms with van der Waals surface area (Å²) < 4.78 is 5.58. The van der Waals surface area contributed by atoms with Crippen molar-refractivity contribution in [2.24, 2.45) is 5.92 Å². The zero-order valence-electron chi connectivity index (χ0n) is 12.0. The summed E-state index contributed by atoms with van der Waals surface area (Å²) in [5, 5.41) is 11.9. The van der Waals surface area contributed by atoms with Crippen LogP contribution in [0.2, 0.25) is 0 Å². The van der Waals surface area contributed by atoms with Crippen LogP contribution in [0.1, 0.15) is 13.3 Å². The van der Waals surface area contributed by atoms with Gasteiger partial charge < -0.3 is 25.0 Å². The molecule has 0 spiro atoms. The fourth-order valence-corrected chi connectivity index (χ4v) is 2.85. The zero-order valence-corrected chi connectivity index (χ0v) is 12.0. The molecule has 2 fully saturated rings. The maximum atomic E-state index is 12.1. The lowest BCUT2D eigenvalue weighted by Gasteiger charge is -2.31. The van der Waals surface area contributed by atoms with E-state index in [1.807, 2.05) is 7.05 Å². The van der Waals surface area contributed by atoms with Crippen molar-refractivity contribution in [1.82, 2.24) is 15.1 Å². The molecule has 0 radical (unpaired) electrons. The smallest absolute Gasteiger partial charge is 0.317 e. The van der Waals surface area contributed by atoms with E-state index in [0.29, 0.717) is 26.1 Å². The van der Waals surface area contributed by atoms with Crippen molar-refractivity contribution in [3.05, 3.63) is 0 Å². The Morgan fingerprint density at radius 1 is 1.40 bits per heavy atom. The van der Waals surface area contributed by atoms with Gasteiger partial charge in [0.15, 0.2) is 0 Å². The van der Waals surface area contributed by atoms with Gasteiger partial charge in [-0.1, -0.05) is 0 Å². The van der Waals surface area contributed by atoms with Crippen LogP contribution in [0.15, 0.2) is 0 Å². The van der Waals surface area contributed by atoms with E-state index in [2.05, 4.69) is 10.2 Å². The number of amides is 2. The van der Waals surface area contributed by atoms with Gasteiger partial charge >= 0.3 is 12.0 Å². The molecule has 0 aliphatic carbocycles. The van der Waals surface area contributed by atoms with Gasteiger partial charge in [-0.2, -0.15) is 0 Å². The number of carbonyl (C=O) groups is 2. The van der Waals surface area contributed by atoms with Crippen LogP contribution in [0.5, 0.6) is 0 Å². The number of nitrogens with zero attached hydrogens (tertiary/aromatic N) is 2. The van der Waals surface area contributed by atoms with E-state index < -0.39 is 11.9 Å². The number of rotatable bonds is 3. The second kappa shape index (κ2) is 6.41. The number of aliphatic carboxylic acids is 1. The summed E-state index contributed by atoms with van der Waals surface area (Å²) in [6, 6.07) is -0.458. The summed E-state index contributed by atoms with van der Waals surface area (Å²) in [7, 11) is 2.03. The molecule has 2 aliphatic heterocycles. The van der Waals surface area contributed by atoms with E-state index in [-0.39, 0.29) is 18.2 Å². The quantitative estimate of drug-likeness (QED) is 0.752. The normalized spacial score (nSPS) is 31.3. The highest BCUT2D eigenvalue weighted by Gasteiger charge is 2.38. The third-order valence-electron chi connectivity index (χ3n) is 4.16. The van der Waals surface area contributed by atoms with Gasteiger partial charge in [-0.25, -0.2) is 4.79 Å². The van der Waals surface area contributed by atoms with Crippen molar-refractivity contribution in [2.45, 2.75) is 25.5 Å². The fourth-order valence-electron chi connectivity index (χ4n) is 2.85. The fraction of sp³-hybridized carbons (Fsp3) is 0.846. The molecule has 0 aromatic carbocycles. The minimum absolute atomic E-state index is 0.00544. The van der Waals surface area contributed by atoms with Gasteiger partial charge in [-0.3, -0.25) is 4.79 Å². The van der Waals surface area contributed by atoms with Crippen molar-refractivity contribution in [1.29, 1.82) is 0 Å². The number of carboxylic acid groups (broad SMARTS) is 1. The number of morpholine rings is 1. The first-order valence-corrected chi connectivity index (χ1v) is 7.06. The molecular weight excluding hydrogens is 262 g/mol. The second-order valence-electron chi connectivity index (χ2n) is 5.61. The van der Waals surface area contributed by atoms with E-state index in [1.165, 1.54) is 0 Å².